The number of rotatable bonds is 5. The molecule has 2 amide bonds. The van der Waals surface area contributed by atoms with E-state index in [2.05, 4.69) is 4.74 Å². The number of nitrogens with one attached hydrogen (secondary N) is 1. The lowest BCUT2D eigenvalue weighted by Gasteiger charge is -2.16. The number of amides is 2. The summed E-state index contributed by atoms with van der Waals surface area (Å²) in [6, 6.07) is 4.57. The van der Waals surface area contributed by atoms with Gasteiger partial charge < -0.3 is 9.47 Å². The fraction of sp³-hybridized carbons (Fsp3) is 0.385. The molecule has 1 aromatic rings. The van der Waals surface area contributed by atoms with Crippen LogP contribution in [0.15, 0.2) is 18.2 Å². The summed E-state index contributed by atoms with van der Waals surface area (Å²) >= 11 is 0. The molecule has 0 aliphatic carbocycles. The average Bonchev–Trinajstić information content (AvgIpc) is 2.38. The Kier molecular flexibility index (Phi) is 5.92. The minimum Gasteiger partial charge on any atom is -0.494 e. The van der Waals surface area contributed by atoms with Gasteiger partial charge in [0.2, 0.25) is 5.91 Å². The number of nitrogens with zero attached hydrogens (tertiary/aromatic N) is 1. The van der Waals surface area contributed by atoms with Crippen molar-refractivity contribution in [1.29, 1.82) is 0 Å². The summed E-state index contributed by atoms with van der Waals surface area (Å²) in [5, 5.41) is 2.04. The number of ether oxygens (including phenoxy) is 2. The summed E-state index contributed by atoms with van der Waals surface area (Å²) in [5.74, 6) is -0.786. The molecule has 0 saturated heterocycles. The van der Waals surface area contributed by atoms with E-state index in [0.29, 0.717) is 12.1 Å². The standard InChI is InChI=1S/C13H17FN2O4/c1-16(8-12(17)15-13(18)20-3)7-9-4-5-11(19-2)10(14)6-9/h4-6H,7-8H2,1-3H3,(H,15,17,18). The summed E-state index contributed by atoms with van der Waals surface area (Å²) in [4.78, 5) is 23.9. The van der Waals surface area contributed by atoms with Crippen LogP contribution in [0.25, 0.3) is 0 Å². The smallest absolute Gasteiger partial charge is 0.413 e. The van der Waals surface area contributed by atoms with Crippen molar-refractivity contribution >= 4 is 12.0 Å². The molecule has 110 valence electrons. The number of carbonyl (C=O) groups excluding carboxylic acids is 2. The topological polar surface area (TPSA) is 67.9 Å². The van der Waals surface area contributed by atoms with Crippen LogP contribution in [0.1, 0.15) is 5.56 Å². The van der Waals surface area contributed by atoms with Gasteiger partial charge in [-0.15, -0.1) is 0 Å². The van der Waals surface area contributed by atoms with Crippen molar-refractivity contribution in [1.82, 2.24) is 10.2 Å². The normalized spacial score (nSPS) is 10.2. The lowest BCUT2D eigenvalue weighted by Crippen LogP contribution is -2.38. The van der Waals surface area contributed by atoms with E-state index in [4.69, 9.17) is 4.74 Å². The first kappa shape index (κ1) is 15.9. The van der Waals surface area contributed by atoms with Gasteiger partial charge in [-0.1, -0.05) is 6.07 Å². The maximum atomic E-state index is 13.5. The molecule has 0 fully saturated rings. The maximum absolute atomic E-state index is 13.5. The second-order valence-corrected chi connectivity index (χ2v) is 4.18. The summed E-state index contributed by atoms with van der Waals surface area (Å²) in [5.41, 5.74) is 0.691. The van der Waals surface area contributed by atoms with E-state index in [0.717, 1.165) is 0 Å². The number of benzene rings is 1. The third-order valence-electron chi connectivity index (χ3n) is 2.51. The highest BCUT2D eigenvalue weighted by Gasteiger charge is 2.11. The molecule has 0 radical (unpaired) electrons. The molecule has 1 aromatic carbocycles. The monoisotopic (exact) mass is 284 g/mol. The van der Waals surface area contributed by atoms with Gasteiger partial charge >= 0.3 is 6.09 Å². The first-order chi connectivity index (χ1) is 9.46. The Morgan fingerprint density at radius 3 is 2.60 bits per heavy atom. The van der Waals surface area contributed by atoms with Crippen LogP contribution in [-0.2, 0) is 16.1 Å². The summed E-state index contributed by atoms with van der Waals surface area (Å²) in [7, 11) is 4.24. The van der Waals surface area contributed by atoms with Gasteiger partial charge in [-0.25, -0.2) is 9.18 Å². The second-order valence-electron chi connectivity index (χ2n) is 4.18. The minimum absolute atomic E-state index is 0.0112. The quantitative estimate of drug-likeness (QED) is 0.878. The fourth-order valence-electron chi connectivity index (χ4n) is 1.63. The Morgan fingerprint density at radius 1 is 1.35 bits per heavy atom. The number of carbonyl (C=O) groups is 2. The fourth-order valence-corrected chi connectivity index (χ4v) is 1.63. The molecule has 0 atom stereocenters. The van der Waals surface area contributed by atoms with Crippen LogP contribution in [0.5, 0.6) is 5.75 Å². The van der Waals surface area contributed by atoms with E-state index in [1.807, 2.05) is 5.32 Å². The predicted octanol–water partition coefficient (Wildman–Crippen LogP) is 1.15. The SMILES string of the molecule is COC(=O)NC(=O)CN(C)Cc1ccc(OC)c(F)c1. The molecular weight excluding hydrogens is 267 g/mol. The van der Waals surface area contributed by atoms with Gasteiger partial charge in [0.15, 0.2) is 11.6 Å². The average molecular weight is 284 g/mol. The van der Waals surface area contributed by atoms with Crippen LogP contribution in [0.2, 0.25) is 0 Å². The van der Waals surface area contributed by atoms with E-state index >= 15 is 0 Å². The zero-order valence-corrected chi connectivity index (χ0v) is 11.6. The van der Waals surface area contributed by atoms with E-state index in [1.54, 1.807) is 18.0 Å². The number of imide groups is 1. The third kappa shape index (κ3) is 4.85. The van der Waals surface area contributed by atoms with Crippen LogP contribution in [0, 0.1) is 5.82 Å². The Balaban J connectivity index is 2.53. The lowest BCUT2D eigenvalue weighted by atomic mass is 10.2. The molecule has 0 heterocycles. The number of likely N-dealkylation sites (N-methyl/N-ethyl adjacent to an activating group) is 1. The molecule has 7 heteroatoms. The number of hydrogen-bond donors (Lipinski definition) is 1. The van der Waals surface area contributed by atoms with Crippen LogP contribution >= 0.6 is 0 Å². The van der Waals surface area contributed by atoms with Crippen molar-refractivity contribution in [2.45, 2.75) is 6.54 Å². The molecule has 0 bridgehead atoms. The Hall–Kier alpha value is -2.15. The molecule has 20 heavy (non-hydrogen) atoms. The molecular formula is C13H17FN2O4. The van der Waals surface area contributed by atoms with Gasteiger partial charge in [0, 0.05) is 6.54 Å². The van der Waals surface area contributed by atoms with Crippen molar-refractivity contribution in [2.24, 2.45) is 0 Å². The number of halogens is 1. The van der Waals surface area contributed by atoms with E-state index in [-0.39, 0.29) is 12.3 Å². The van der Waals surface area contributed by atoms with Crippen molar-refractivity contribution < 1.29 is 23.5 Å². The van der Waals surface area contributed by atoms with Crippen molar-refractivity contribution in [3.63, 3.8) is 0 Å². The number of methoxy groups -OCH3 is 2. The van der Waals surface area contributed by atoms with Gasteiger partial charge in [-0.2, -0.15) is 0 Å². The van der Waals surface area contributed by atoms with Crippen molar-refractivity contribution in [2.75, 3.05) is 27.8 Å². The molecule has 1 N–H and O–H groups in total. The van der Waals surface area contributed by atoms with Gasteiger partial charge in [-0.05, 0) is 24.7 Å². The predicted molar refractivity (Wildman–Crippen MR) is 69.8 cm³/mol. The molecule has 0 aliphatic rings. The molecule has 0 aromatic heterocycles. The van der Waals surface area contributed by atoms with Gasteiger partial charge in [0.05, 0.1) is 20.8 Å². The van der Waals surface area contributed by atoms with Crippen LogP contribution in [0.4, 0.5) is 9.18 Å². The Labute approximate surface area is 116 Å². The van der Waals surface area contributed by atoms with Gasteiger partial charge in [0.25, 0.3) is 0 Å². The van der Waals surface area contributed by atoms with E-state index < -0.39 is 17.8 Å². The Morgan fingerprint density at radius 2 is 2.05 bits per heavy atom. The van der Waals surface area contributed by atoms with Crippen molar-refractivity contribution in [3.05, 3.63) is 29.6 Å². The zero-order chi connectivity index (χ0) is 15.1. The number of hydrogen-bond acceptors (Lipinski definition) is 5. The highest BCUT2D eigenvalue weighted by atomic mass is 19.1. The molecule has 0 spiro atoms. The third-order valence-corrected chi connectivity index (χ3v) is 2.51. The largest absolute Gasteiger partial charge is 0.494 e. The first-order valence-electron chi connectivity index (χ1n) is 5.85. The summed E-state index contributed by atoms with van der Waals surface area (Å²) in [6.07, 6.45) is -0.807. The summed E-state index contributed by atoms with van der Waals surface area (Å²) in [6.45, 7) is 0.345. The Bertz CT molecular complexity index is 493. The van der Waals surface area contributed by atoms with E-state index in [9.17, 15) is 14.0 Å². The second kappa shape index (κ2) is 7.44. The van der Waals surface area contributed by atoms with E-state index in [1.165, 1.54) is 26.4 Å². The zero-order valence-electron chi connectivity index (χ0n) is 11.6. The van der Waals surface area contributed by atoms with Crippen LogP contribution in [-0.4, -0.2) is 44.7 Å². The first-order valence-corrected chi connectivity index (χ1v) is 5.85. The highest BCUT2D eigenvalue weighted by Crippen LogP contribution is 2.18. The van der Waals surface area contributed by atoms with Crippen molar-refractivity contribution in [3.8, 4) is 5.75 Å². The van der Waals surface area contributed by atoms with Crippen LogP contribution < -0.4 is 10.1 Å². The molecule has 0 saturated carbocycles. The molecule has 0 unspecified atom stereocenters. The highest BCUT2D eigenvalue weighted by molar-refractivity contribution is 5.92. The number of alkyl carbamates (subject to hydrolysis) is 1. The van der Waals surface area contributed by atoms with Gasteiger partial charge in [-0.3, -0.25) is 15.0 Å². The lowest BCUT2D eigenvalue weighted by molar-refractivity contribution is -0.121. The minimum atomic E-state index is -0.807. The molecule has 0 aliphatic heterocycles. The molecule has 1 rings (SSSR count). The summed E-state index contributed by atoms with van der Waals surface area (Å²) < 4.78 is 22.6. The van der Waals surface area contributed by atoms with Crippen LogP contribution in [0.3, 0.4) is 0 Å². The maximum Gasteiger partial charge on any atom is 0.413 e. The molecule has 6 nitrogen and oxygen atoms in total. The van der Waals surface area contributed by atoms with Gasteiger partial charge in [0.1, 0.15) is 0 Å².